The second-order valence-corrected chi connectivity index (χ2v) is 6.02. The van der Waals surface area contributed by atoms with E-state index in [9.17, 15) is 14.9 Å². The molecule has 2 aromatic carbocycles. The van der Waals surface area contributed by atoms with Gasteiger partial charge in [0, 0.05) is 18.3 Å². The molecule has 7 nitrogen and oxygen atoms in total. The minimum absolute atomic E-state index is 0.0215. The predicted molar refractivity (Wildman–Crippen MR) is 107 cm³/mol. The third-order valence-electron chi connectivity index (χ3n) is 4.23. The molecule has 0 aliphatic carbocycles. The highest BCUT2D eigenvalue weighted by Gasteiger charge is 2.11. The number of nitro benzene ring substituents is 1. The van der Waals surface area contributed by atoms with Gasteiger partial charge in [-0.25, -0.2) is 4.98 Å². The molecule has 2 heterocycles. The first-order valence-corrected chi connectivity index (χ1v) is 8.48. The molecule has 136 valence electrons. The van der Waals surface area contributed by atoms with Crippen molar-refractivity contribution >= 4 is 28.7 Å². The summed E-state index contributed by atoms with van der Waals surface area (Å²) >= 11 is 0. The van der Waals surface area contributed by atoms with Crippen LogP contribution in [-0.2, 0) is 0 Å². The van der Waals surface area contributed by atoms with Crippen molar-refractivity contribution in [2.75, 3.05) is 0 Å². The number of hydrogen-bond acceptors (Lipinski definition) is 5. The molecule has 0 N–H and O–H groups in total. The molecule has 2 aromatic heterocycles. The van der Waals surface area contributed by atoms with E-state index < -0.39 is 4.92 Å². The second kappa shape index (κ2) is 7.24. The Bertz CT molecular complexity index is 1250. The first kappa shape index (κ1) is 17.3. The monoisotopic (exact) mass is 370 g/mol. The first-order chi connectivity index (χ1) is 13.6. The average Bonchev–Trinajstić information content (AvgIpc) is 2.73. The smallest absolute Gasteiger partial charge is 0.268 e. The van der Waals surface area contributed by atoms with Crippen molar-refractivity contribution in [2.24, 2.45) is 0 Å². The second-order valence-electron chi connectivity index (χ2n) is 6.02. The minimum Gasteiger partial charge on any atom is -0.268 e. The lowest BCUT2D eigenvalue weighted by atomic mass is 10.2. The van der Waals surface area contributed by atoms with Crippen molar-refractivity contribution < 1.29 is 4.92 Å². The van der Waals surface area contributed by atoms with Crippen LogP contribution in [0, 0.1) is 10.1 Å². The molecule has 0 saturated carbocycles. The lowest BCUT2D eigenvalue weighted by molar-refractivity contribution is -0.384. The van der Waals surface area contributed by atoms with E-state index in [-0.39, 0.29) is 11.2 Å². The maximum atomic E-state index is 13.1. The molecule has 4 aromatic rings. The zero-order valence-corrected chi connectivity index (χ0v) is 14.6. The normalized spacial score (nSPS) is 11.1. The third-order valence-corrected chi connectivity index (χ3v) is 4.23. The van der Waals surface area contributed by atoms with Crippen molar-refractivity contribution in [3.63, 3.8) is 0 Å². The van der Waals surface area contributed by atoms with Gasteiger partial charge in [-0.1, -0.05) is 18.2 Å². The summed E-state index contributed by atoms with van der Waals surface area (Å²) in [6.07, 6.45) is 6.70. The van der Waals surface area contributed by atoms with Gasteiger partial charge in [-0.3, -0.25) is 24.5 Å². The van der Waals surface area contributed by atoms with Crippen LogP contribution in [0.15, 0.2) is 77.9 Å². The molecule has 0 amide bonds. The highest BCUT2D eigenvalue weighted by Crippen LogP contribution is 2.16. The van der Waals surface area contributed by atoms with Gasteiger partial charge < -0.3 is 0 Å². The number of pyridine rings is 1. The molecule has 0 atom stereocenters. The maximum absolute atomic E-state index is 13.1. The Kier molecular flexibility index (Phi) is 4.47. The number of hydrogen-bond donors (Lipinski definition) is 0. The number of non-ortho nitro benzene ring substituents is 1. The standard InChI is InChI=1S/C21H14N4O3/c26-21-18-5-1-2-6-19(18)23-20(24(21)17-4-3-13-22-14-17)12-9-15-7-10-16(11-8-15)25(27)28/h1-14H/b12-9+. The molecule has 4 rings (SSSR count). The Balaban J connectivity index is 1.85. The molecule has 7 heteroatoms. The molecular weight excluding hydrogens is 356 g/mol. The fourth-order valence-corrected chi connectivity index (χ4v) is 2.88. The third kappa shape index (κ3) is 3.28. The number of nitrogens with zero attached hydrogens (tertiary/aromatic N) is 4. The van der Waals surface area contributed by atoms with Crippen molar-refractivity contribution in [1.29, 1.82) is 0 Å². The van der Waals surface area contributed by atoms with Gasteiger partial charge in [-0.2, -0.15) is 0 Å². The van der Waals surface area contributed by atoms with E-state index in [0.717, 1.165) is 5.56 Å². The molecule has 0 radical (unpaired) electrons. The summed E-state index contributed by atoms with van der Waals surface area (Å²) in [6, 6.07) is 16.8. The van der Waals surface area contributed by atoms with Crippen molar-refractivity contribution in [3.05, 3.63) is 105 Å². The Morgan fingerprint density at radius 2 is 1.75 bits per heavy atom. The Hall–Kier alpha value is -4.13. The molecule has 0 spiro atoms. The highest BCUT2D eigenvalue weighted by atomic mass is 16.6. The summed E-state index contributed by atoms with van der Waals surface area (Å²) in [7, 11) is 0. The number of rotatable bonds is 4. The number of fused-ring (bicyclic) bond motifs is 1. The topological polar surface area (TPSA) is 90.9 Å². The van der Waals surface area contributed by atoms with Crippen molar-refractivity contribution in [3.8, 4) is 5.69 Å². The number of para-hydroxylation sites is 1. The molecule has 0 aliphatic rings. The van der Waals surface area contributed by atoms with Gasteiger partial charge in [0.15, 0.2) is 0 Å². The summed E-state index contributed by atoms with van der Waals surface area (Å²) in [6.45, 7) is 0. The van der Waals surface area contributed by atoms with Gasteiger partial charge in [-0.15, -0.1) is 0 Å². The SMILES string of the molecule is O=c1c2ccccc2nc(/C=C/c2ccc([N+](=O)[O-])cc2)n1-c1cccnc1. The van der Waals surface area contributed by atoms with E-state index in [1.807, 2.05) is 6.07 Å². The van der Waals surface area contributed by atoms with E-state index in [2.05, 4.69) is 9.97 Å². The Morgan fingerprint density at radius 3 is 2.46 bits per heavy atom. The molecule has 0 fully saturated rings. The summed E-state index contributed by atoms with van der Waals surface area (Å²) in [5.41, 5.74) is 1.78. The van der Waals surface area contributed by atoms with Gasteiger partial charge >= 0.3 is 0 Å². The highest BCUT2D eigenvalue weighted by molar-refractivity contribution is 5.80. The van der Waals surface area contributed by atoms with Crippen LogP contribution in [0.25, 0.3) is 28.7 Å². The van der Waals surface area contributed by atoms with Gasteiger partial charge in [0.1, 0.15) is 5.82 Å². The van der Waals surface area contributed by atoms with Gasteiger partial charge in [-0.05, 0) is 48.0 Å². The van der Waals surface area contributed by atoms with Crippen LogP contribution in [0.2, 0.25) is 0 Å². The van der Waals surface area contributed by atoms with E-state index in [1.165, 1.54) is 16.7 Å². The molecule has 0 unspecified atom stereocenters. The maximum Gasteiger partial charge on any atom is 0.269 e. The van der Waals surface area contributed by atoms with E-state index in [0.29, 0.717) is 22.4 Å². The average molecular weight is 370 g/mol. The largest absolute Gasteiger partial charge is 0.269 e. The fourth-order valence-electron chi connectivity index (χ4n) is 2.88. The zero-order valence-electron chi connectivity index (χ0n) is 14.6. The van der Waals surface area contributed by atoms with Gasteiger partial charge in [0.05, 0.1) is 27.7 Å². The van der Waals surface area contributed by atoms with Crippen LogP contribution in [0.5, 0.6) is 0 Å². The van der Waals surface area contributed by atoms with E-state index >= 15 is 0 Å². The Morgan fingerprint density at radius 1 is 0.964 bits per heavy atom. The Labute approximate surface area is 159 Å². The lowest BCUT2D eigenvalue weighted by Crippen LogP contribution is -2.22. The number of benzene rings is 2. The van der Waals surface area contributed by atoms with Crippen molar-refractivity contribution in [1.82, 2.24) is 14.5 Å². The minimum atomic E-state index is -0.446. The molecule has 0 aliphatic heterocycles. The lowest BCUT2D eigenvalue weighted by Gasteiger charge is -2.10. The van der Waals surface area contributed by atoms with Crippen LogP contribution >= 0.6 is 0 Å². The van der Waals surface area contributed by atoms with E-state index in [1.54, 1.807) is 67.0 Å². The number of nitro groups is 1. The van der Waals surface area contributed by atoms with Crippen LogP contribution < -0.4 is 5.56 Å². The van der Waals surface area contributed by atoms with Gasteiger partial charge in [0.2, 0.25) is 0 Å². The zero-order chi connectivity index (χ0) is 19.5. The summed E-state index contributed by atoms with van der Waals surface area (Å²) in [5.74, 6) is 0.440. The fraction of sp³-hybridized carbons (Fsp3) is 0. The quantitative estimate of drug-likeness (QED) is 0.402. The van der Waals surface area contributed by atoms with Gasteiger partial charge in [0.25, 0.3) is 11.2 Å². The molecule has 0 saturated heterocycles. The molecule has 28 heavy (non-hydrogen) atoms. The van der Waals surface area contributed by atoms with E-state index in [4.69, 9.17) is 0 Å². The van der Waals surface area contributed by atoms with Crippen LogP contribution in [0.3, 0.4) is 0 Å². The first-order valence-electron chi connectivity index (χ1n) is 8.48. The number of aromatic nitrogens is 3. The van der Waals surface area contributed by atoms with Crippen molar-refractivity contribution in [2.45, 2.75) is 0 Å². The molecular formula is C21H14N4O3. The molecule has 0 bridgehead atoms. The van der Waals surface area contributed by atoms with Crippen LogP contribution in [0.1, 0.15) is 11.4 Å². The predicted octanol–water partition coefficient (Wildman–Crippen LogP) is 3.86. The summed E-state index contributed by atoms with van der Waals surface area (Å²) in [5, 5.41) is 11.3. The van der Waals surface area contributed by atoms with Crippen LogP contribution in [-0.4, -0.2) is 19.5 Å². The summed E-state index contributed by atoms with van der Waals surface area (Å²) in [4.78, 5) is 32.1. The van der Waals surface area contributed by atoms with Crippen LogP contribution in [0.4, 0.5) is 5.69 Å². The summed E-state index contributed by atoms with van der Waals surface area (Å²) < 4.78 is 1.50.